The summed E-state index contributed by atoms with van der Waals surface area (Å²) in [6.07, 6.45) is 0. The largest absolute Gasteiger partial charge is 0.286 e. The molecule has 86 valence electrons. The molecule has 0 unspecified atom stereocenters. The van der Waals surface area contributed by atoms with Crippen LogP contribution in [0.1, 0.15) is 11.3 Å². The first kappa shape index (κ1) is 10.7. The molecule has 2 nitrogen and oxygen atoms in total. The van der Waals surface area contributed by atoms with Crippen molar-refractivity contribution < 1.29 is 4.39 Å². The van der Waals surface area contributed by atoms with Crippen molar-refractivity contribution in [1.29, 1.82) is 0 Å². The molecule has 0 N–H and O–H groups in total. The summed E-state index contributed by atoms with van der Waals surface area (Å²) >= 11 is 3.52. The van der Waals surface area contributed by atoms with Crippen molar-refractivity contribution in [3.63, 3.8) is 0 Å². The number of halogens is 2. The van der Waals surface area contributed by atoms with E-state index in [1.807, 2.05) is 24.3 Å². The molecule has 0 fully saturated rings. The molecule has 17 heavy (non-hydrogen) atoms. The van der Waals surface area contributed by atoms with Gasteiger partial charge in [0.05, 0.1) is 11.2 Å². The van der Waals surface area contributed by atoms with Crippen molar-refractivity contribution in [1.82, 2.24) is 9.38 Å². The minimum atomic E-state index is -0.215. The van der Waals surface area contributed by atoms with Crippen LogP contribution in [0, 0.1) is 19.7 Å². The third-order valence-electron chi connectivity index (χ3n) is 2.98. The van der Waals surface area contributed by atoms with E-state index in [4.69, 9.17) is 0 Å². The van der Waals surface area contributed by atoms with Crippen LogP contribution in [0.2, 0.25) is 0 Å². The normalized spacial score (nSPS) is 11.5. The Hall–Kier alpha value is -1.42. The van der Waals surface area contributed by atoms with Crippen LogP contribution in [0.3, 0.4) is 0 Å². The van der Waals surface area contributed by atoms with E-state index in [9.17, 15) is 4.39 Å². The van der Waals surface area contributed by atoms with Gasteiger partial charge < -0.3 is 0 Å². The minimum Gasteiger partial charge on any atom is -0.286 e. The van der Waals surface area contributed by atoms with Crippen molar-refractivity contribution in [2.75, 3.05) is 0 Å². The van der Waals surface area contributed by atoms with E-state index in [1.165, 1.54) is 6.07 Å². The summed E-state index contributed by atoms with van der Waals surface area (Å²) in [4.78, 5) is 4.47. The second kappa shape index (κ2) is 3.53. The van der Waals surface area contributed by atoms with E-state index in [2.05, 4.69) is 20.9 Å². The zero-order valence-corrected chi connectivity index (χ0v) is 11.0. The van der Waals surface area contributed by atoms with E-state index >= 15 is 0 Å². The average molecular weight is 293 g/mol. The second-order valence-electron chi connectivity index (χ2n) is 4.17. The predicted octanol–water partition coefficient (Wildman–Crippen LogP) is 4.01. The monoisotopic (exact) mass is 292 g/mol. The van der Waals surface area contributed by atoms with Gasteiger partial charge in [-0.05, 0) is 59.6 Å². The van der Waals surface area contributed by atoms with Crippen LogP contribution in [0.4, 0.5) is 4.39 Å². The summed E-state index contributed by atoms with van der Waals surface area (Å²) in [6.45, 7) is 3.92. The number of imidazole rings is 1. The fourth-order valence-corrected chi connectivity index (χ4v) is 2.61. The lowest BCUT2D eigenvalue weighted by Gasteiger charge is -2.06. The van der Waals surface area contributed by atoms with Gasteiger partial charge in [-0.25, -0.2) is 9.37 Å². The molecule has 4 heteroatoms. The number of hydrogen-bond donors (Lipinski definition) is 0. The van der Waals surface area contributed by atoms with E-state index in [0.29, 0.717) is 0 Å². The first-order valence-electron chi connectivity index (χ1n) is 5.31. The van der Waals surface area contributed by atoms with Gasteiger partial charge in [0.15, 0.2) is 0 Å². The number of pyridine rings is 1. The highest BCUT2D eigenvalue weighted by Gasteiger charge is 2.11. The molecular weight excluding hydrogens is 283 g/mol. The first-order valence-corrected chi connectivity index (χ1v) is 6.10. The van der Waals surface area contributed by atoms with Gasteiger partial charge in [0.25, 0.3) is 0 Å². The van der Waals surface area contributed by atoms with Gasteiger partial charge in [-0.1, -0.05) is 0 Å². The Labute approximate surface area is 106 Å². The zero-order valence-electron chi connectivity index (χ0n) is 9.46. The molecule has 0 aliphatic carbocycles. The number of aromatic nitrogens is 2. The van der Waals surface area contributed by atoms with Crippen molar-refractivity contribution in [2.24, 2.45) is 0 Å². The number of aryl methyl sites for hydroxylation is 2. The lowest BCUT2D eigenvalue weighted by Crippen LogP contribution is -1.92. The molecule has 1 aromatic carbocycles. The minimum absolute atomic E-state index is 0.215. The molecule has 0 saturated heterocycles. The van der Waals surface area contributed by atoms with Crippen LogP contribution >= 0.6 is 15.9 Å². The summed E-state index contributed by atoms with van der Waals surface area (Å²) in [5.41, 5.74) is 3.81. The van der Waals surface area contributed by atoms with Gasteiger partial charge in [0.2, 0.25) is 0 Å². The van der Waals surface area contributed by atoms with E-state index in [-0.39, 0.29) is 5.82 Å². The van der Waals surface area contributed by atoms with Crippen molar-refractivity contribution in [3.05, 3.63) is 45.9 Å². The third-order valence-corrected chi connectivity index (χ3v) is 3.90. The fraction of sp³-hybridized carbons (Fsp3) is 0.154. The van der Waals surface area contributed by atoms with Crippen LogP contribution in [-0.2, 0) is 0 Å². The molecule has 0 amide bonds. The number of fused-ring (bicyclic) bond motifs is 3. The highest BCUT2D eigenvalue weighted by atomic mass is 79.9. The summed E-state index contributed by atoms with van der Waals surface area (Å²) in [5.74, 6) is -0.215. The van der Waals surface area contributed by atoms with Crippen LogP contribution in [0.5, 0.6) is 0 Å². The Morgan fingerprint density at radius 3 is 2.76 bits per heavy atom. The number of hydrogen-bond acceptors (Lipinski definition) is 1. The molecule has 0 spiro atoms. The maximum Gasteiger partial charge on any atom is 0.138 e. The predicted molar refractivity (Wildman–Crippen MR) is 69.8 cm³/mol. The molecule has 3 aromatic rings. The highest BCUT2D eigenvalue weighted by Crippen LogP contribution is 2.27. The van der Waals surface area contributed by atoms with Crippen LogP contribution < -0.4 is 0 Å². The van der Waals surface area contributed by atoms with Crippen molar-refractivity contribution >= 4 is 32.5 Å². The summed E-state index contributed by atoms with van der Waals surface area (Å²) in [7, 11) is 0. The molecule has 0 bridgehead atoms. The highest BCUT2D eigenvalue weighted by molar-refractivity contribution is 9.10. The summed E-state index contributed by atoms with van der Waals surface area (Å²) in [5, 5.41) is 0.913. The maximum atomic E-state index is 13.3. The number of rotatable bonds is 0. The Balaban J connectivity index is 2.62. The molecular formula is C13H10BrFN2. The van der Waals surface area contributed by atoms with Gasteiger partial charge >= 0.3 is 0 Å². The molecule has 0 radical (unpaired) electrons. The fourth-order valence-electron chi connectivity index (χ4n) is 2.15. The second-order valence-corrected chi connectivity index (χ2v) is 4.92. The Kier molecular flexibility index (Phi) is 2.23. The SMILES string of the molecule is Cc1nc2cc(C)c3cc(F)ccc3n2c1Br. The van der Waals surface area contributed by atoms with Crippen LogP contribution in [-0.4, -0.2) is 9.38 Å². The molecule has 0 aliphatic rings. The molecule has 0 aliphatic heterocycles. The van der Waals surface area contributed by atoms with Crippen molar-refractivity contribution in [2.45, 2.75) is 13.8 Å². The molecule has 0 saturated carbocycles. The molecule has 0 atom stereocenters. The Morgan fingerprint density at radius 1 is 1.24 bits per heavy atom. The number of benzene rings is 1. The van der Waals surface area contributed by atoms with Crippen molar-refractivity contribution in [3.8, 4) is 0 Å². The maximum absolute atomic E-state index is 13.3. The number of nitrogens with zero attached hydrogens (tertiary/aromatic N) is 2. The van der Waals surface area contributed by atoms with Gasteiger partial charge in [0.1, 0.15) is 16.1 Å². The molecule has 3 rings (SSSR count). The molecule has 2 aromatic heterocycles. The van der Waals surface area contributed by atoms with Gasteiger partial charge in [-0.2, -0.15) is 0 Å². The first-order chi connectivity index (χ1) is 8.08. The third kappa shape index (κ3) is 1.47. The summed E-state index contributed by atoms with van der Waals surface area (Å²) in [6, 6.07) is 6.80. The van der Waals surface area contributed by atoms with Crippen LogP contribution in [0.25, 0.3) is 16.6 Å². The zero-order chi connectivity index (χ0) is 12.2. The lowest BCUT2D eigenvalue weighted by molar-refractivity contribution is 0.629. The Bertz CT molecular complexity index is 746. The van der Waals surface area contributed by atoms with Gasteiger partial charge in [0, 0.05) is 5.39 Å². The van der Waals surface area contributed by atoms with E-state index in [0.717, 1.165) is 32.4 Å². The van der Waals surface area contributed by atoms with Crippen LogP contribution in [0.15, 0.2) is 28.9 Å². The summed E-state index contributed by atoms with van der Waals surface area (Å²) < 4.78 is 16.2. The van der Waals surface area contributed by atoms with E-state index in [1.54, 1.807) is 12.1 Å². The lowest BCUT2D eigenvalue weighted by atomic mass is 10.1. The van der Waals surface area contributed by atoms with Gasteiger partial charge in [-0.15, -0.1) is 0 Å². The van der Waals surface area contributed by atoms with Gasteiger partial charge in [-0.3, -0.25) is 4.40 Å². The standard InChI is InChI=1S/C13H10BrFN2/c1-7-5-12-16-8(2)13(14)17(12)11-4-3-9(15)6-10(7)11/h3-6H,1-2H3. The quantitative estimate of drug-likeness (QED) is 0.612. The topological polar surface area (TPSA) is 17.3 Å². The van der Waals surface area contributed by atoms with E-state index < -0.39 is 0 Å². The molecule has 2 heterocycles. The smallest absolute Gasteiger partial charge is 0.138 e. The average Bonchev–Trinajstić information content (AvgIpc) is 2.55. The Morgan fingerprint density at radius 2 is 2.00 bits per heavy atom.